The topological polar surface area (TPSA) is 66.9 Å². The van der Waals surface area contributed by atoms with Gasteiger partial charge >= 0.3 is 5.97 Å². The Morgan fingerprint density at radius 1 is 0.882 bits per heavy atom. The summed E-state index contributed by atoms with van der Waals surface area (Å²) < 4.78 is 5.74. The molecule has 0 bridgehead atoms. The first-order chi connectivity index (χ1) is 15.8. The van der Waals surface area contributed by atoms with Crippen LogP contribution in [0.3, 0.4) is 0 Å². The van der Waals surface area contributed by atoms with Gasteiger partial charge in [0, 0.05) is 24.4 Å². The van der Waals surface area contributed by atoms with Crippen molar-refractivity contribution >= 4 is 17.8 Å². The lowest BCUT2D eigenvalue weighted by atomic mass is 9.91. The van der Waals surface area contributed by atoms with E-state index >= 15 is 0 Å². The Kier molecular flexibility index (Phi) is 5.03. The number of fused-ring (bicyclic) bond motifs is 2. The van der Waals surface area contributed by atoms with Crippen LogP contribution in [-0.2, 0) is 25.7 Å². The Morgan fingerprint density at radius 2 is 1.41 bits per heavy atom. The fraction of sp³-hybridized carbons (Fsp3) is 0.679. The molecule has 2 aliphatic heterocycles. The molecule has 184 valence electrons. The number of nitrogens with zero attached hydrogens (tertiary/aromatic N) is 2. The summed E-state index contributed by atoms with van der Waals surface area (Å²) in [5.41, 5.74) is 0.437. The summed E-state index contributed by atoms with van der Waals surface area (Å²) in [7, 11) is 0. The van der Waals surface area contributed by atoms with Crippen molar-refractivity contribution < 1.29 is 19.1 Å². The van der Waals surface area contributed by atoms with Gasteiger partial charge in [0.2, 0.25) is 11.8 Å². The van der Waals surface area contributed by atoms with Gasteiger partial charge in [0.1, 0.15) is 18.7 Å². The van der Waals surface area contributed by atoms with Crippen molar-refractivity contribution in [2.45, 2.75) is 67.2 Å². The van der Waals surface area contributed by atoms with Crippen molar-refractivity contribution in [3.8, 4) is 0 Å². The fourth-order valence-corrected chi connectivity index (χ4v) is 6.97. The molecule has 0 N–H and O–H groups in total. The zero-order valence-electron chi connectivity index (χ0n) is 21.5. The first-order valence-electron chi connectivity index (χ1n) is 12.6. The van der Waals surface area contributed by atoms with Crippen LogP contribution in [0.4, 0.5) is 0 Å². The van der Waals surface area contributed by atoms with Crippen molar-refractivity contribution in [2.75, 3.05) is 13.1 Å². The maximum atomic E-state index is 14.1. The Hall–Kier alpha value is -2.37. The van der Waals surface area contributed by atoms with Gasteiger partial charge in [-0.1, -0.05) is 78.8 Å². The number of amides is 2. The minimum atomic E-state index is -0.580. The van der Waals surface area contributed by atoms with Crippen LogP contribution in [0.15, 0.2) is 30.3 Å². The Labute approximate surface area is 203 Å². The number of likely N-dealkylation sites (tertiary alicyclic amines) is 2. The van der Waals surface area contributed by atoms with E-state index in [1.807, 2.05) is 56.0 Å². The number of piperidine rings is 2. The largest absolute Gasteiger partial charge is 0.459 e. The van der Waals surface area contributed by atoms with Gasteiger partial charge in [-0.2, -0.15) is 0 Å². The van der Waals surface area contributed by atoms with Crippen molar-refractivity contribution in [1.82, 2.24) is 9.80 Å². The Morgan fingerprint density at radius 3 is 1.97 bits per heavy atom. The monoisotopic (exact) mass is 466 g/mol. The zero-order chi connectivity index (χ0) is 24.8. The molecule has 6 heteroatoms. The third-order valence-corrected chi connectivity index (χ3v) is 9.32. The summed E-state index contributed by atoms with van der Waals surface area (Å²) in [6.07, 6.45) is 0. The van der Waals surface area contributed by atoms with Gasteiger partial charge in [-0.15, -0.1) is 0 Å². The van der Waals surface area contributed by atoms with Crippen LogP contribution in [0.2, 0.25) is 0 Å². The lowest BCUT2D eigenvalue weighted by Gasteiger charge is -2.38. The molecule has 0 spiro atoms. The van der Waals surface area contributed by atoms with Gasteiger partial charge in [-0.3, -0.25) is 9.59 Å². The van der Waals surface area contributed by atoms with Crippen LogP contribution in [0.1, 0.15) is 54.0 Å². The van der Waals surface area contributed by atoms with Gasteiger partial charge in [0.25, 0.3) is 0 Å². The van der Waals surface area contributed by atoms with E-state index < -0.39 is 17.5 Å². The second-order valence-corrected chi connectivity index (χ2v) is 13.1. The highest BCUT2D eigenvalue weighted by Crippen LogP contribution is 2.68. The zero-order valence-corrected chi connectivity index (χ0v) is 21.5. The molecule has 4 aliphatic rings. The number of esters is 1. The van der Waals surface area contributed by atoms with E-state index in [4.69, 9.17) is 4.74 Å². The van der Waals surface area contributed by atoms with E-state index in [-0.39, 0.29) is 47.1 Å². The van der Waals surface area contributed by atoms with Crippen LogP contribution < -0.4 is 0 Å². The van der Waals surface area contributed by atoms with E-state index in [1.54, 1.807) is 4.90 Å². The quantitative estimate of drug-likeness (QED) is 0.634. The second-order valence-electron chi connectivity index (χ2n) is 13.1. The molecule has 6 nitrogen and oxygen atoms in total. The van der Waals surface area contributed by atoms with Crippen molar-refractivity contribution in [3.05, 3.63) is 35.9 Å². The minimum Gasteiger partial charge on any atom is -0.459 e. The normalized spacial score (nSPS) is 34.3. The minimum absolute atomic E-state index is 0.0155. The van der Waals surface area contributed by atoms with Gasteiger partial charge in [-0.25, -0.2) is 4.79 Å². The van der Waals surface area contributed by atoms with Crippen LogP contribution in [0.5, 0.6) is 0 Å². The molecule has 1 aromatic carbocycles. The Balaban J connectivity index is 1.39. The summed E-state index contributed by atoms with van der Waals surface area (Å²) >= 11 is 0. The number of hydrogen-bond acceptors (Lipinski definition) is 4. The molecule has 2 saturated carbocycles. The van der Waals surface area contributed by atoms with Crippen LogP contribution in [-0.4, -0.2) is 52.8 Å². The maximum absolute atomic E-state index is 14.1. The molecule has 4 fully saturated rings. The SMILES string of the molecule is CC(C)(C)C(=O)N1C[C@H]2[C@@H]([C@H]1C(=O)N1C[C@H]3[C@@H]([C@H]1C(=O)OCc1ccccc1)C3(C)C)C2(C)C. The first kappa shape index (κ1) is 23.4. The third kappa shape index (κ3) is 3.39. The molecule has 6 atom stereocenters. The summed E-state index contributed by atoms with van der Waals surface area (Å²) in [5, 5.41) is 0. The van der Waals surface area contributed by atoms with E-state index in [1.165, 1.54) is 0 Å². The third-order valence-electron chi connectivity index (χ3n) is 9.32. The highest BCUT2D eigenvalue weighted by Gasteiger charge is 2.74. The molecule has 1 aromatic rings. The highest BCUT2D eigenvalue weighted by atomic mass is 16.5. The smallest absolute Gasteiger partial charge is 0.329 e. The molecule has 0 radical (unpaired) electrons. The highest BCUT2D eigenvalue weighted by molar-refractivity contribution is 5.94. The summed E-state index contributed by atoms with van der Waals surface area (Å²) in [4.78, 5) is 44.3. The molecule has 0 unspecified atom stereocenters. The second kappa shape index (κ2) is 7.32. The lowest BCUT2D eigenvalue weighted by molar-refractivity contribution is -0.160. The molecule has 2 amide bonds. The van der Waals surface area contributed by atoms with Crippen LogP contribution in [0, 0.1) is 39.9 Å². The van der Waals surface area contributed by atoms with Crippen molar-refractivity contribution in [3.63, 3.8) is 0 Å². The number of rotatable bonds is 4. The summed E-state index contributed by atoms with van der Waals surface area (Å²) in [6.45, 7) is 15.8. The van der Waals surface area contributed by atoms with E-state index in [0.29, 0.717) is 24.9 Å². The number of carbonyl (C=O) groups is 3. The van der Waals surface area contributed by atoms with Crippen molar-refractivity contribution in [2.24, 2.45) is 39.9 Å². The number of ether oxygens (including phenoxy) is 1. The van der Waals surface area contributed by atoms with E-state index in [9.17, 15) is 14.4 Å². The maximum Gasteiger partial charge on any atom is 0.329 e. The predicted octanol–water partition coefficient (Wildman–Crippen LogP) is 3.74. The number of carbonyl (C=O) groups excluding carboxylic acids is 3. The molecular weight excluding hydrogens is 428 g/mol. The molecule has 2 saturated heterocycles. The van der Waals surface area contributed by atoms with Crippen LogP contribution >= 0.6 is 0 Å². The fourth-order valence-electron chi connectivity index (χ4n) is 6.97. The Bertz CT molecular complexity index is 1020. The summed E-state index contributed by atoms with van der Waals surface area (Å²) in [6, 6.07) is 8.56. The molecule has 0 aromatic heterocycles. The number of benzene rings is 1. The molecule has 2 heterocycles. The van der Waals surface area contributed by atoms with Gasteiger partial charge < -0.3 is 14.5 Å². The first-order valence-corrected chi connectivity index (χ1v) is 12.6. The molecule has 5 rings (SSSR count). The number of hydrogen-bond donors (Lipinski definition) is 0. The summed E-state index contributed by atoms with van der Waals surface area (Å²) in [5.74, 6) is 0.510. The van der Waals surface area contributed by atoms with Gasteiger partial charge in [0.15, 0.2) is 0 Å². The predicted molar refractivity (Wildman–Crippen MR) is 128 cm³/mol. The van der Waals surface area contributed by atoms with E-state index in [0.717, 1.165) is 5.56 Å². The average molecular weight is 467 g/mol. The molecular formula is C28H38N2O4. The molecule has 34 heavy (non-hydrogen) atoms. The lowest BCUT2D eigenvalue weighted by Crippen LogP contribution is -2.57. The molecule has 2 aliphatic carbocycles. The van der Waals surface area contributed by atoms with Gasteiger partial charge in [0.05, 0.1) is 0 Å². The van der Waals surface area contributed by atoms with E-state index in [2.05, 4.69) is 27.7 Å². The van der Waals surface area contributed by atoms with Gasteiger partial charge in [-0.05, 0) is 34.1 Å². The van der Waals surface area contributed by atoms with Crippen molar-refractivity contribution in [1.29, 1.82) is 0 Å². The average Bonchev–Trinajstić information content (AvgIpc) is 3.28. The van der Waals surface area contributed by atoms with Crippen LogP contribution in [0.25, 0.3) is 0 Å². The standard InChI is InChI=1S/C28H38N2O4/c1-26(2,3)25(33)30-14-18-19(27(18,4)5)21(30)23(31)29-13-17-20(28(17,6)7)22(29)24(32)34-15-16-11-9-8-10-12-16/h8-12,17-22H,13-15H2,1-7H3/t17-,18-,19-,20-,21-,22-/m0/s1.